The van der Waals surface area contributed by atoms with E-state index in [4.69, 9.17) is 9.52 Å². The van der Waals surface area contributed by atoms with Gasteiger partial charge in [0.25, 0.3) is 0 Å². The van der Waals surface area contributed by atoms with E-state index >= 15 is 0 Å². The monoisotopic (exact) mass is 360 g/mol. The number of benzene rings is 2. The summed E-state index contributed by atoms with van der Waals surface area (Å²) in [5.74, 6) is -1.23. The second-order valence-electron chi connectivity index (χ2n) is 5.66. The van der Waals surface area contributed by atoms with Crippen LogP contribution in [-0.4, -0.2) is 25.2 Å². The van der Waals surface area contributed by atoms with Crippen molar-refractivity contribution in [3.8, 4) is 0 Å². The van der Waals surface area contributed by atoms with Gasteiger partial charge in [0.15, 0.2) is 9.84 Å². The topological polar surface area (TPSA) is 102 Å². The standard InChI is InChI=1S/C18H16O6S/c1-3-10-7-12(25(22,23)4-2)9-14-16(19)13-8-11(18(20)21)5-6-15(13)24-17(10)14/h5-9H,3-4H2,1-2H3,(H,20,21). The molecule has 0 aliphatic heterocycles. The molecule has 3 aromatic rings. The molecule has 0 amide bonds. The van der Waals surface area contributed by atoms with Crippen LogP contribution in [0.3, 0.4) is 0 Å². The molecule has 0 atom stereocenters. The molecular weight excluding hydrogens is 344 g/mol. The summed E-state index contributed by atoms with van der Waals surface area (Å²) in [5.41, 5.74) is 0.738. The third-order valence-corrected chi connectivity index (χ3v) is 5.90. The predicted octanol–water partition coefficient (Wildman–Crippen LogP) is 3.00. The average Bonchev–Trinajstić information content (AvgIpc) is 2.60. The Bertz CT molecular complexity index is 1170. The first-order valence-corrected chi connectivity index (χ1v) is 9.43. The van der Waals surface area contributed by atoms with E-state index in [-0.39, 0.29) is 32.6 Å². The van der Waals surface area contributed by atoms with Crippen molar-refractivity contribution in [3.63, 3.8) is 0 Å². The quantitative estimate of drug-likeness (QED) is 0.718. The Balaban J connectivity index is 2.48. The van der Waals surface area contributed by atoms with Gasteiger partial charge < -0.3 is 9.52 Å². The lowest BCUT2D eigenvalue weighted by Gasteiger charge is -2.09. The number of aryl methyl sites for hydroxylation is 1. The summed E-state index contributed by atoms with van der Waals surface area (Å²) in [5, 5.41) is 9.35. The molecular formula is C18H16O6S. The Morgan fingerprint density at radius 3 is 2.44 bits per heavy atom. The van der Waals surface area contributed by atoms with Crippen molar-refractivity contribution in [1.29, 1.82) is 0 Å². The van der Waals surface area contributed by atoms with E-state index in [1.807, 2.05) is 6.92 Å². The Hall–Kier alpha value is -2.67. The highest BCUT2D eigenvalue weighted by Gasteiger charge is 2.19. The second kappa shape index (κ2) is 6.00. The first-order valence-electron chi connectivity index (χ1n) is 7.78. The minimum Gasteiger partial charge on any atom is -0.478 e. The third kappa shape index (κ3) is 2.80. The van der Waals surface area contributed by atoms with Gasteiger partial charge in [-0.25, -0.2) is 13.2 Å². The lowest BCUT2D eigenvalue weighted by Crippen LogP contribution is -2.09. The van der Waals surface area contributed by atoms with Crippen molar-refractivity contribution in [2.24, 2.45) is 0 Å². The van der Waals surface area contributed by atoms with Crippen LogP contribution in [0.1, 0.15) is 29.8 Å². The molecule has 7 heteroatoms. The molecule has 0 unspecified atom stereocenters. The predicted molar refractivity (Wildman–Crippen MR) is 94.1 cm³/mol. The maximum atomic E-state index is 12.9. The molecule has 1 heterocycles. The van der Waals surface area contributed by atoms with Gasteiger partial charge in [-0.15, -0.1) is 0 Å². The minimum absolute atomic E-state index is 0.0350. The van der Waals surface area contributed by atoms with Crippen molar-refractivity contribution >= 4 is 37.7 Å². The molecule has 0 fully saturated rings. The van der Waals surface area contributed by atoms with Gasteiger partial charge >= 0.3 is 5.97 Å². The zero-order valence-electron chi connectivity index (χ0n) is 13.7. The highest BCUT2D eigenvalue weighted by atomic mass is 32.2. The highest BCUT2D eigenvalue weighted by Crippen LogP contribution is 2.27. The van der Waals surface area contributed by atoms with Crippen LogP contribution in [-0.2, 0) is 16.3 Å². The SMILES string of the molecule is CCc1cc(S(=O)(=O)CC)cc2c(=O)c3cc(C(=O)O)ccc3oc12. The van der Waals surface area contributed by atoms with Crippen LogP contribution in [0, 0.1) is 0 Å². The maximum Gasteiger partial charge on any atom is 0.335 e. The summed E-state index contributed by atoms with van der Waals surface area (Å²) < 4.78 is 30.2. The number of fused-ring (bicyclic) bond motifs is 2. The normalized spacial score (nSPS) is 11.9. The Morgan fingerprint density at radius 2 is 1.84 bits per heavy atom. The number of hydrogen-bond acceptors (Lipinski definition) is 5. The zero-order chi connectivity index (χ0) is 18.4. The van der Waals surface area contributed by atoms with Crippen LogP contribution >= 0.6 is 0 Å². The van der Waals surface area contributed by atoms with E-state index in [1.165, 1.54) is 37.3 Å². The number of carbonyl (C=O) groups is 1. The van der Waals surface area contributed by atoms with Crippen molar-refractivity contribution in [2.45, 2.75) is 25.2 Å². The molecule has 1 N–H and O–H groups in total. The molecule has 25 heavy (non-hydrogen) atoms. The first-order chi connectivity index (χ1) is 11.8. The van der Waals surface area contributed by atoms with Crippen LogP contribution in [0.15, 0.2) is 44.4 Å². The molecule has 6 nitrogen and oxygen atoms in total. The highest BCUT2D eigenvalue weighted by molar-refractivity contribution is 7.91. The van der Waals surface area contributed by atoms with Crippen LogP contribution < -0.4 is 5.43 Å². The van der Waals surface area contributed by atoms with Gasteiger partial charge in [0.1, 0.15) is 11.2 Å². The van der Waals surface area contributed by atoms with Crippen molar-refractivity contribution in [1.82, 2.24) is 0 Å². The van der Waals surface area contributed by atoms with Crippen molar-refractivity contribution in [2.75, 3.05) is 5.75 Å². The molecule has 0 aliphatic rings. The van der Waals surface area contributed by atoms with Gasteiger partial charge in [0.05, 0.1) is 27.0 Å². The lowest BCUT2D eigenvalue weighted by molar-refractivity contribution is 0.0697. The number of carboxylic acid groups (broad SMARTS) is 1. The molecule has 0 radical (unpaired) electrons. The molecule has 2 aromatic carbocycles. The summed E-state index contributed by atoms with van der Waals surface area (Å²) in [6.07, 6.45) is 0.491. The van der Waals surface area contributed by atoms with E-state index in [2.05, 4.69) is 0 Å². The van der Waals surface area contributed by atoms with E-state index in [0.717, 1.165) is 0 Å². The summed E-state index contributed by atoms with van der Waals surface area (Å²) in [7, 11) is -3.49. The lowest BCUT2D eigenvalue weighted by atomic mass is 10.1. The van der Waals surface area contributed by atoms with Crippen LogP contribution in [0.5, 0.6) is 0 Å². The summed E-state index contributed by atoms with van der Waals surface area (Å²) in [4.78, 5) is 24.1. The molecule has 1 aromatic heterocycles. The summed E-state index contributed by atoms with van der Waals surface area (Å²) in [6, 6.07) is 6.89. The first kappa shape index (κ1) is 17.2. The van der Waals surface area contributed by atoms with Crippen LogP contribution in [0.4, 0.5) is 0 Å². The number of aromatic carboxylic acids is 1. The fraction of sp³-hybridized carbons (Fsp3) is 0.222. The van der Waals surface area contributed by atoms with Crippen molar-refractivity contribution < 1.29 is 22.7 Å². The van der Waals surface area contributed by atoms with Gasteiger partial charge in [0.2, 0.25) is 5.43 Å². The Morgan fingerprint density at radius 1 is 1.12 bits per heavy atom. The van der Waals surface area contributed by atoms with Crippen LogP contribution in [0.25, 0.3) is 21.9 Å². The van der Waals surface area contributed by atoms with Gasteiger partial charge in [-0.05, 0) is 42.3 Å². The Labute approximate surface area is 143 Å². The smallest absolute Gasteiger partial charge is 0.335 e. The van der Waals surface area contributed by atoms with E-state index in [1.54, 1.807) is 0 Å². The largest absolute Gasteiger partial charge is 0.478 e. The molecule has 0 spiro atoms. The van der Waals surface area contributed by atoms with Gasteiger partial charge in [0, 0.05) is 0 Å². The molecule has 130 valence electrons. The number of carboxylic acids is 1. The van der Waals surface area contributed by atoms with Gasteiger partial charge in [-0.1, -0.05) is 13.8 Å². The second-order valence-corrected chi connectivity index (χ2v) is 7.94. The van der Waals surface area contributed by atoms with E-state index < -0.39 is 21.2 Å². The maximum absolute atomic E-state index is 12.9. The number of rotatable bonds is 4. The molecule has 0 saturated carbocycles. The fourth-order valence-corrected chi connectivity index (χ4v) is 3.69. The van der Waals surface area contributed by atoms with Gasteiger partial charge in [-0.3, -0.25) is 4.79 Å². The molecule has 0 bridgehead atoms. The fourth-order valence-electron chi connectivity index (χ4n) is 2.74. The van der Waals surface area contributed by atoms with Crippen LogP contribution in [0.2, 0.25) is 0 Å². The van der Waals surface area contributed by atoms with Crippen molar-refractivity contribution in [3.05, 3.63) is 51.7 Å². The third-order valence-electron chi connectivity index (χ3n) is 4.19. The van der Waals surface area contributed by atoms with E-state index in [0.29, 0.717) is 17.6 Å². The molecule has 0 saturated heterocycles. The van der Waals surface area contributed by atoms with E-state index in [9.17, 15) is 18.0 Å². The van der Waals surface area contributed by atoms with Gasteiger partial charge in [-0.2, -0.15) is 0 Å². The number of sulfone groups is 1. The molecule has 0 aliphatic carbocycles. The molecule has 3 rings (SSSR count). The Kier molecular flexibility index (Phi) is 4.12. The number of hydrogen-bond donors (Lipinski definition) is 1. The average molecular weight is 360 g/mol. The minimum atomic E-state index is -3.49. The summed E-state index contributed by atoms with van der Waals surface area (Å²) in [6.45, 7) is 3.38. The summed E-state index contributed by atoms with van der Waals surface area (Å²) >= 11 is 0. The zero-order valence-corrected chi connectivity index (χ0v) is 14.5.